The number of benzene rings is 1. The van der Waals surface area contributed by atoms with Crippen molar-refractivity contribution in [3.63, 3.8) is 0 Å². The number of urea groups is 1. The number of nitrogens with zero attached hydrogens (tertiary/aromatic N) is 1. The highest BCUT2D eigenvalue weighted by molar-refractivity contribution is 6.06. The largest absolute Gasteiger partial charge is 0.389 e. The molecule has 0 aliphatic carbocycles. The number of hydrogen-bond donors (Lipinski definition) is 2. The van der Waals surface area contributed by atoms with Crippen LogP contribution in [0.3, 0.4) is 0 Å². The standard InChI is InChI=1S/C17H24N2O4/c1-12(2)17(3)15(21)19(16(22)18-17)9-14(20)11-23-10-13-7-5-4-6-8-13/h4-8,12,14,20H,9-11H2,1-3H3,(H,18,22). The van der Waals surface area contributed by atoms with Gasteiger partial charge in [0, 0.05) is 0 Å². The zero-order valence-electron chi connectivity index (χ0n) is 13.8. The first-order valence-corrected chi connectivity index (χ1v) is 7.78. The maximum Gasteiger partial charge on any atom is 0.325 e. The summed E-state index contributed by atoms with van der Waals surface area (Å²) in [7, 11) is 0. The second-order valence-electron chi connectivity index (χ2n) is 6.36. The van der Waals surface area contributed by atoms with Crippen LogP contribution in [0.25, 0.3) is 0 Å². The SMILES string of the molecule is CC(C)C1(C)NC(=O)N(CC(O)COCc2ccccc2)C1=O. The van der Waals surface area contributed by atoms with E-state index in [-0.39, 0.29) is 25.0 Å². The van der Waals surface area contributed by atoms with Gasteiger partial charge in [0.2, 0.25) is 0 Å². The van der Waals surface area contributed by atoms with Crippen molar-refractivity contribution < 1.29 is 19.4 Å². The molecule has 0 radical (unpaired) electrons. The Morgan fingerprint density at radius 2 is 1.91 bits per heavy atom. The molecule has 1 aliphatic rings. The van der Waals surface area contributed by atoms with Crippen molar-refractivity contribution in [2.75, 3.05) is 13.2 Å². The van der Waals surface area contributed by atoms with Crippen molar-refractivity contribution in [1.82, 2.24) is 10.2 Å². The van der Waals surface area contributed by atoms with Gasteiger partial charge in [0.05, 0.1) is 25.9 Å². The number of amides is 3. The van der Waals surface area contributed by atoms with E-state index in [2.05, 4.69) is 5.32 Å². The van der Waals surface area contributed by atoms with E-state index in [9.17, 15) is 14.7 Å². The number of imide groups is 1. The first-order chi connectivity index (χ1) is 10.8. The minimum absolute atomic E-state index is 0.0320. The molecule has 1 saturated heterocycles. The Morgan fingerprint density at radius 3 is 2.48 bits per heavy atom. The molecule has 2 unspecified atom stereocenters. The molecule has 126 valence electrons. The minimum Gasteiger partial charge on any atom is -0.389 e. The smallest absolute Gasteiger partial charge is 0.325 e. The van der Waals surface area contributed by atoms with Crippen LogP contribution in [-0.4, -0.2) is 46.7 Å². The third kappa shape index (κ3) is 3.89. The van der Waals surface area contributed by atoms with Crippen LogP contribution in [0, 0.1) is 5.92 Å². The summed E-state index contributed by atoms with van der Waals surface area (Å²) < 4.78 is 5.44. The average molecular weight is 320 g/mol. The van der Waals surface area contributed by atoms with Gasteiger partial charge < -0.3 is 15.2 Å². The van der Waals surface area contributed by atoms with E-state index in [0.29, 0.717) is 6.61 Å². The van der Waals surface area contributed by atoms with Crippen LogP contribution in [0.15, 0.2) is 30.3 Å². The maximum atomic E-state index is 12.4. The molecule has 1 aromatic carbocycles. The number of aliphatic hydroxyl groups is 1. The van der Waals surface area contributed by atoms with Crippen molar-refractivity contribution in [2.24, 2.45) is 5.92 Å². The highest BCUT2D eigenvalue weighted by Crippen LogP contribution is 2.25. The lowest BCUT2D eigenvalue weighted by atomic mass is 9.88. The van der Waals surface area contributed by atoms with Crippen molar-refractivity contribution in [1.29, 1.82) is 0 Å². The number of carbonyl (C=O) groups is 2. The average Bonchev–Trinajstić information content (AvgIpc) is 2.73. The van der Waals surface area contributed by atoms with Crippen LogP contribution in [0.2, 0.25) is 0 Å². The normalized spacial score (nSPS) is 22.6. The molecular weight excluding hydrogens is 296 g/mol. The Labute approximate surface area is 136 Å². The molecule has 1 fully saturated rings. The van der Waals surface area contributed by atoms with Crippen LogP contribution < -0.4 is 5.32 Å². The second kappa shape index (κ2) is 7.10. The summed E-state index contributed by atoms with van der Waals surface area (Å²) in [6.07, 6.45) is -0.914. The number of carbonyl (C=O) groups excluding carboxylic acids is 2. The predicted octanol–water partition coefficient (Wildman–Crippen LogP) is 1.53. The van der Waals surface area contributed by atoms with Crippen molar-refractivity contribution in [2.45, 2.75) is 39.0 Å². The van der Waals surface area contributed by atoms with E-state index in [0.717, 1.165) is 10.5 Å². The molecule has 23 heavy (non-hydrogen) atoms. The Hall–Kier alpha value is -1.92. The van der Waals surface area contributed by atoms with Gasteiger partial charge in [-0.05, 0) is 18.4 Å². The van der Waals surface area contributed by atoms with Gasteiger partial charge in [0.1, 0.15) is 5.54 Å². The molecule has 0 bridgehead atoms. The Bertz CT molecular complexity index is 561. The van der Waals surface area contributed by atoms with Gasteiger partial charge >= 0.3 is 6.03 Å². The molecule has 0 saturated carbocycles. The van der Waals surface area contributed by atoms with Gasteiger partial charge in [0.25, 0.3) is 5.91 Å². The molecule has 6 heteroatoms. The van der Waals surface area contributed by atoms with Crippen molar-refractivity contribution in [3.05, 3.63) is 35.9 Å². The fourth-order valence-electron chi connectivity index (χ4n) is 2.42. The summed E-state index contributed by atoms with van der Waals surface area (Å²) in [5.41, 5.74) is 0.0869. The molecule has 0 aromatic heterocycles. The molecule has 1 heterocycles. The van der Waals surface area contributed by atoms with Gasteiger partial charge in [-0.25, -0.2) is 4.79 Å². The first-order valence-electron chi connectivity index (χ1n) is 7.78. The molecule has 2 rings (SSSR count). The monoisotopic (exact) mass is 320 g/mol. The minimum atomic E-state index is -0.915. The zero-order valence-corrected chi connectivity index (χ0v) is 13.8. The molecule has 6 nitrogen and oxygen atoms in total. The Morgan fingerprint density at radius 1 is 1.26 bits per heavy atom. The molecule has 3 amide bonds. The third-order valence-electron chi connectivity index (χ3n) is 4.27. The molecule has 1 aliphatic heterocycles. The van der Waals surface area contributed by atoms with Crippen LogP contribution in [0.5, 0.6) is 0 Å². The summed E-state index contributed by atoms with van der Waals surface area (Å²) in [6.45, 7) is 5.83. The second-order valence-corrected chi connectivity index (χ2v) is 6.36. The molecular formula is C17H24N2O4. The van der Waals surface area contributed by atoms with Crippen LogP contribution in [0.4, 0.5) is 4.79 Å². The van der Waals surface area contributed by atoms with Gasteiger partial charge in [-0.2, -0.15) is 0 Å². The Kier molecular flexibility index (Phi) is 5.38. The lowest BCUT2D eigenvalue weighted by Crippen LogP contribution is -2.49. The van der Waals surface area contributed by atoms with Gasteiger partial charge in [0.15, 0.2) is 0 Å². The highest BCUT2D eigenvalue weighted by Gasteiger charge is 2.49. The van der Waals surface area contributed by atoms with E-state index in [4.69, 9.17) is 4.74 Å². The predicted molar refractivity (Wildman–Crippen MR) is 85.6 cm³/mol. The van der Waals surface area contributed by atoms with Crippen molar-refractivity contribution >= 4 is 11.9 Å². The number of ether oxygens (including phenoxy) is 1. The summed E-state index contributed by atoms with van der Waals surface area (Å²) in [4.78, 5) is 25.4. The van der Waals surface area contributed by atoms with Crippen LogP contribution in [0.1, 0.15) is 26.3 Å². The first kappa shape index (κ1) is 17.4. The fourth-order valence-corrected chi connectivity index (χ4v) is 2.42. The van der Waals surface area contributed by atoms with E-state index < -0.39 is 17.7 Å². The number of aliphatic hydroxyl groups excluding tert-OH is 1. The number of nitrogens with one attached hydrogen (secondary N) is 1. The molecule has 2 atom stereocenters. The van der Waals surface area contributed by atoms with Crippen LogP contribution >= 0.6 is 0 Å². The lowest BCUT2D eigenvalue weighted by molar-refractivity contribution is -0.133. The van der Waals surface area contributed by atoms with Gasteiger partial charge in [-0.3, -0.25) is 9.69 Å². The lowest BCUT2D eigenvalue weighted by Gasteiger charge is -2.26. The van der Waals surface area contributed by atoms with E-state index in [1.807, 2.05) is 44.2 Å². The van der Waals surface area contributed by atoms with Gasteiger partial charge in [-0.15, -0.1) is 0 Å². The number of β-amino-alcohol motifs (C(OH)–C–C–N with tert-alkyl or cyclic N) is 1. The number of hydrogen-bond acceptors (Lipinski definition) is 4. The van der Waals surface area contributed by atoms with E-state index >= 15 is 0 Å². The number of rotatable bonds is 7. The quantitative estimate of drug-likeness (QED) is 0.747. The highest BCUT2D eigenvalue weighted by atomic mass is 16.5. The van der Waals surface area contributed by atoms with Crippen molar-refractivity contribution in [3.8, 4) is 0 Å². The summed E-state index contributed by atoms with van der Waals surface area (Å²) in [6, 6.07) is 9.13. The summed E-state index contributed by atoms with van der Waals surface area (Å²) in [5.74, 6) is -0.338. The van der Waals surface area contributed by atoms with Crippen LogP contribution in [-0.2, 0) is 16.1 Å². The molecule has 1 aromatic rings. The fraction of sp³-hybridized carbons (Fsp3) is 0.529. The van der Waals surface area contributed by atoms with E-state index in [1.165, 1.54) is 0 Å². The maximum absolute atomic E-state index is 12.4. The molecule has 0 spiro atoms. The Balaban J connectivity index is 1.84. The molecule has 2 N–H and O–H groups in total. The summed E-state index contributed by atoms with van der Waals surface area (Å²) >= 11 is 0. The topological polar surface area (TPSA) is 78.9 Å². The van der Waals surface area contributed by atoms with Gasteiger partial charge in [-0.1, -0.05) is 44.2 Å². The summed E-state index contributed by atoms with van der Waals surface area (Å²) in [5, 5.41) is 12.7. The third-order valence-corrected chi connectivity index (χ3v) is 4.27. The zero-order chi connectivity index (χ0) is 17.0. The van der Waals surface area contributed by atoms with E-state index in [1.54, 1.807) is 6.92 Å².